The largest absolute Gasteiger partial charge is 0.409 e. The second-order valence-electron chi connectivity index (χ2n) is 5.32. The molecule has 1 heterocycles. The number of halogens is 1. The summed E-state index contributed by atoms with van der Waals surface area (Å²) in [4.78, 5) is 2.35. The maximum Gasteiger partial charge on any atom is 0.170 e. The van der Waals surface area contributed by atoms with Gasteiger partial charge >= 0.3 is 0 Å². The Kier molecular flexibility index (Phi) is 4.95. The number of benzene rings is 1. The summed E-state index contributed by atoms with van der Waals surface area (Å²) >= 11 is 0. The number of hydrogen-bond donors (Lipinski definition) is 2. The highest BCUT2D eigenvalue weighted by Crippen LogP contribution is 2.23. The van der Waals surface area contributed by atoms with Crippen molar-refractivity contribution in [3.05, 3.63) is 35.1 Å². The Morgan fingerprint density at radius 3 is 2.95 bits per heavy atom. The molecule has 1 unspecified atom stereocenters. The van der Waals surface area contributed by atoms with Crippen LogP contribution in [0, 0.1) is 5.82 Å². The topological polar surface area (TPSA) is 61.8 Å². The highest BCUT2D eigenvalue weighted by Gasteiger charge is 2.21. The Balaban J connectivity index is 2.13. The number of amidine groups is 1. The third kappa shape index (κ3) is 3.28. The lowest BCUT2D eigenvalue weighted by molar-refractivity contribution is 0.134. The summed E-state index contributed by atoms with van der Waals surface area (Å²) < 4.78 is 14.1. The van der Waals surface area contributed by atoms with E-state index in [9.17, 15) is 4.39 Å². The number of nitrogens with two attached hydrogens (primary N) is 1. The summed E-state index contributed by atoms with van der Waals surface area (Å²) in [6.45, 7) is 3.83. The van der Waals surface area contributed by atoms with Gasteiger partial charge in [-0.15, -0.1) is 0 Å². The van der Waals surface area contributed by atoms with Gasteiger partial charge in [0.2, 0.25) is 0 Å². The lowest BCUT2D eigenvalue weighted by atomic mass is 9.99. The number of likely N-dealkylation sites (tertiary alicyclic amines) is 1. The van der Waals surface area contributed by atoms with Crippen molar-refractivity contribution < 1.29 is 9.60 Å². The zero-order chi connectivity index (χ0) is 14.5. The molecule has 0 spiro atoms. The van der Waals surface area contributed by atoms with Crippen molar-refractivity contribution in [2.75, 3.05) is 6.54 Å². The first kappa shape index (κ1) is 14.8. The second kappa shape index (κ2) is 6.70. The first-order chi connectivity index (χ1) is 9.65. The summed E-state index contributed by atoms with van der Waals surface area (Å²) in [5.74, 6) is -0.366. The Hall–Kier alpha value is -1.62. The van der Waals surface area contributed by atoms with E-state index < -0.39 is 0 Å². The van der Waals surface area contributed by atoms with Crippen LogP contribution >= 0.6 is 0 Å². The van der Waals surface area contributed by atoms with E-state index >= 15 is 0 Å². The third-order valence-corrected chi connectivity index (χ3v) is 4.05. The fourth-order valence-corrected chi connectivity index (χ4v) is 2.84. The van der Waals surface area contributed by atoms with Gasteiger partial charge in [-0.1, -0.05) is 30.6 Å². The zero-order valence-corrected chi connectivity index (χ0v) is 11.8. The van der Waals surface area contributed by atoms with Crippen molar-refractivity contribution in [2.45, 2.75) is 45.2 Å². The third-order valence-electron chi connectivity index (χ3n) is 4.05. The Morgan fingerprint density at radius 2 is 2.30 bits per heavy atom. The molecule has 1 aromatic rings. The molecule has 110 valence electrons. The van der Waals surface area contributed by atoms with Crippen molar-refractivity contribution in [3.8, 4) is 0 Å². The molecule has 1 aromatic carbocycles. The van der Waals surface area contributed by atoms with Crippen molar-refractivity contribution >= 4 is 5.84 Å². The van der Waals surface area contributed by atoms with Crippen LogP contribution in [-0.4, -0.2) is 28.5 Å². The van der Waals surface area contributed by atoms with Gasteiger partial charge in [-0.25, -0.2) is 4.39 Å². The van der Waals surface area contributed by atoms with Crippen molar-refractivity contribution in [3.63, 3.8) is 0 Å². The monoisotopic (exact) mass is 279 g/mol. The van der Waals surface area contributed by atoms with E-state index in [-0.39, 0.29) is 11.7 Å². The first-order valence-corrected chi connectivity index (χ1v) is 7.16. The Morgan fingerprint density at radius 1 is 1.50 bits per heavy atom. The summed E-state index contributed by atoms with van der Waals surface area (Å²) in [6.07, 6.45) is 4.74. The lowest BCUT2D eigenvalue weighted by Crippen LogP contribution is -2.38. The summed E-state index contributed by atoms with van der Waals surface area (Å²) in [7, 11) is 0. The number of rotatable bonds is 4. The van der Waals surface area contributed by atoms with E-state index in [2.05, 4.69) is 17.0 Å². The molecule has 1 aliphatic rings. The van der Waals surface area contributed by atoms with Gasteiger partial charge in [0.15, 0.2) is 5.84 Å². The number of piperidine rings is 1. The molecule has 1 aliphatic heterocycles. The maximum atomic E-state index is 14.1. The van der Waals surface area contributed by atoms with Crippen LogP contribution in [0.5, 0.6) is 0 Å². The Bertz CT molecular complexity index is 490. The molecule has 20 heavy (non-hydrogen) atoms. The average Bonchev–Trinajstić information content (AvgIpc) is 2.49. The smallest absolute Gasteiger partial charge is 0.170 e. The van der Waals surface area contributed by atoms with Crippen molar-refractivity contribution in [1.29, 1.82) is 0 Å². The molecule has 0 aliphatic carbocycles. The van der Waals surface area contributed by atoms with E-state index in [1.807, 2.05) is 0 Å². The standard InChI is InChI=1S/C15H22FN3O/c1-2-13-5-3-4-8-19(13)10-12-7-6-11(9-14(12)16)15(17)18-20/h6-7,9,13,20H,2-5,8,10H2,1H3,(H2,17,18). The number of oxime groups is 1. The molecule has 3 N–H and O–H groups in total. The lowest BCUT2D eigenvalue weighted by Gasteiger charge is -2.35. The van der Waals surface area contributed by atoms with Crippen LogP contribution in [0.4, 0.5) is 4.39 Å². The van der Waals surface area contributed by atoms with Crippen LogP contribution < -0.4 is 5.73 Å². The highest BCUT2D eigenvalue weighted by molar-refractivity contribution is 5.97. The van der Waals surface area contributed by atoms with Gasteiger partial charge in [0.25, 0.3) is 0 Å². The molecule has 0 amide bonds. The summed E-state index contributed by atoms with van der Waals surface area (Å²) in [5, 5.41) is 11.5. The van der Waals surface area contributed by atoms with Crippen LogP contribution in [0.15, 0.2) is 23.4 Å². The minimum atomic E-state index is -0.297. The van der Waals surface area contributed by atoms with Gasteiger partial charge in [0, 0.05) is 23.7 Å². The van der Waals surface area contributed by atoms with Gasteiger partial charge in [0.1, 0.15) is 5.82 Å². The molecule has 2 rings (SSSR count). The molecule has 1 atom stereocenters. The van der Waals surface area contributed by atoms with Gasteiger partial charge in [-0.2, -0.15) is 0 Å². The number of nitrogens with zero attached hydrogens (tertiary/aromatic N) is 2. The van der Waals surface area contributed by atoms with Crippen molar-refractivity contribution in [2.24, 2.45) is 10.9 Å². The molecular formula is C15H22FN3O. The van der Waals surface area contributed by atoms with E-state index in [4.69, 9.17) is 10.9 Å². The van der Waals surface area contributed by atoms with Gasteiger partial charge in [-0.3, -0.25) is 4.90 Å². The zero-order valence-electron chi connectivity index (χ0n) is 11.8. The molecule has 0 aromatic heterocycles. The minimum Gasteiger partial charge on any atom is -0.409 e. The summed E-state index contributed by atoms with van der Waals surface area (Å²) in [6, 6.07) is 5.30. The molecule has 4 nitrogen and oxygen atoms in total. The van der Waals surface area contributed by atoms with E-state index in [0.29, 0.717) is 23.7 Å². The molecule has 5 heteroatoms. The van der Waals surface area contributed by atoms with Crippen molar-refractivity contribution in [1.82, 2.24) is 4.90 Å². The van der Waals surface area contributed by atoms with E-state index in [0.717, 1.165) is 13.0 Å². The second-order valence-corrected chi connectivity index (χ2v) is 5.32. The molecule has 0 radical (unpaired) electrons. The van der Waals surface area contributed by atoms with Gasteiger partial charge < -0.3 is 10.9 Å². The molecular weight excluding hydrogens is 257 g/mol. The quantitative estimate of drug-likeness (QED) is 0.385. The minimum absolute atomic E-state index is 0.0696. The van der Waals surface area contributed by atoms with Crippen LogP contribution in [0.25, 0.3) is 0 Å². The van der Waals surface area contributed by atoms with Crippen LogP contribution in [-0.2, 0) is 6.54 Å². The van der Waals surface area contributed by atoms with E-state index in [1.165, 1.54) is 25.3 Å². The SMILES string of the molecule is CCC1CCCCN1Cc1ccc(/C(N)=N/O)cc1F. The summed E-state index contributed by atoms with van der Waals surface area (Å²) in [5.41, 5.74) is 6.53. The van der Waals surface area contributed by atoms with Crippen LogP contribution in [0.1, 0.15) is 43.7 Å². The number of hydrogen-bond acceptors (Lipinski definition) is 3. The normalized spacial score (nSPS) is 21.1. The molecule has 0 saturated carbocycles. The molecule has 1 fully saturated rings. The fraction of sp³-hybridized carbons (Fsp3) is 0.533. The maximum absolute atomic E-state index is 14.1. The van der Waals surface area contributed by atoms with Gasteiger partial charge in [0.05, 0.1) is 0 Å². The van der Waals surface area contributed by atoms with Crippen LogP contribution in [0.2, 0.25) is 0 Å². The first-order valence-electron chi connectivity index (χ1n) is 7.16. The molecule has 1 saturated heterocycles. The van der Waals surface area contributed by atoms with E-state index in [1.54, 1.807) is 12.1 Å². The Labute approximate surface area is 119 Å². The predicted molar refractivity (Wildman–Crippen MR) is 77.3 cm³/mol. The fourth-order valence-electron chi connectivity index (χ4n) is 2.84. The van der Waals surface area contributed by atoms with Gasteiger partial charge in [-0.05, 0) is 31.9 Å². The van der Waals surface area contributed by atoms with Crippen LogP contribution in [0.3, 0.4) is 0 Å². The highest BCUT2D eigenvalue weighted by atomic mass is 19.1. The molecule has 0 bridgehead atoms. The predicted octanol–water partition coefficient (Wildman–Crippen LogP) is 2.68. The average molecular weight is 279 g/mol.